The fourth-order valence-electron chi connectivity index (χ4n) is 1.67. The molecule has 0 heterocycles. The van der Waals surface area contributed by atoms with Crippen molar-refractivity contribution >= 4 is 17.3 Å². The first-order chi connectivity index (χ1) is 9.08. The van der Waals surface area contributed by atoms with E-state index in [0.717, 1.165) is 25.3 Å². The molecular formula is C14H24N4O. The van der Waals surface area contributed by atoms with E-state index in [-0.39, 0.29) is 5.91 Å². The number of amides is 1. The summed E-state index contributed by atoms with van der Waals surface area (Å²) in [6.07, 6.45) is 0. The lowest BCUT2D eigenvalue weighted by atomic mass is 10.1. The van der Waals surface area contributed by atoms with Gasteiger partial charge in [-0.15, -0.1) is 0 Å². The summed E-state index contributed by atoms with van der Waals surface area (Å²) in [6.45, 7) is 7.43. The summed E-state index contributed by atoms with van der Waals surface area (Å²) in [5, 5.41) is 6.03. The molecule has 1 aromatic rings. The fourth-order valence-corrected chi connectivity index (χ4v) is 1.67. The van der Waals surface area contributed by atoms with Gasteiger partial charge >= 0.3 is 0 Å². The maximum Gasteiger partial charge on any atom is 0.251 e. The number of nitrogens with zero attached hydrogens (tertiary/aromatic N) is 1. The third kappa shape index (κ3) is 4.79. The molecule has 19 heavy (non-hydrogen) atoms. The van der Waals surface area contributed by atoms with Crippen LogP contribution in [0.5, 0.6) is 0 Å². The molecule has 1 rings (SSSR count). The van der Waals surface area contributed by atoms with Gasteiger partial charge in [0.1, 0.15) is 0 Å². The third-order valence-corrected chi connectivity index (χ3v) is 3.00. The van der Waals surface area contributed by atoms with Gasteiger partial charge < -0.3 is 21.3 Å². The molecule has 0 spiro atoms. The van der Waals surface area contributed by atoms with Crippen LogP contribution in [0, 0.1) is 0 Å². The molecule has 5 nitrogen and oxygen atoms in total. The second kappa shape index (κ2) is 7.63. The smallest absolute Gasteiger partial charge is 0.251 e. The Morgan fingerprint density at radius 3 is 2.68 bits per heavy atom. The Morgan fingerprint density at radius 2 is 2.11 bits per heavy atom. The minimum Gasteiger partial charge on any atom is -0.397 e. The predicted octanol–water partition coefficient (Wildman–Crippen LogP) is 1.38. The van der Waals surface area contributed by atoms with Crippen molar-refractivity contribution in [3.05, 3.63) is 23.8 Å². The third-order valence-electron chi connectivity index (χ3n) is 3.00. The van der Waals surface area contributed by atoms with Crippen molar-refractivity contribution in [1.82, 2.24) is 10.2 Å². The summed E-state index contributed by atoms with van der Waals surface area (Å²) < 4.78 is 0. The number of nitrogen functional groups attached to an aromatic ring is 1. The van der Waals surface area contributed by atoms with Gasteiger partial charge in [0.15, 0.2) is 0 Å². The largest absolute Gasteiger partial charge is 0.397 e. The molecule has 106 valence electrons. The number of rotatable bonds is 7. The van der Waals surface area contributed by atoms with E-state index in [2.05, 4.69) is 29.5 Å². The highest BCUT2D eigenvalue weighted by atomic mass is 16.1. The van der Waals surface area contributed by atoms with E-state index in [4.69, 9.17) is 5.73 Å². The first-order valence-electron chi connectivity index (χ1n) is 6.68. The number of carbonyl (C=O) groups excluding carboxylic acids is 1. The van der Waals surface area contributed by atoms with Crippen molar-refractivity contribution in [1.29, 1.82) is 0 Å². The Kier molecular flexibility index (Phi) is 6.15. The molecule has 4 N–H and O–H groups in total. The van der Waals surface area contributed by atoms with Crippen LogP contribution in [-0.4, -0.2) is 44.0 Å². The van der Waals surface area contributed by atoms with Gasteiger partial charge in [-0.25, -0.2) is 0 Å². The van der Waals surface area contributed by atoms with E-state index in [1.807, 2.05) is 13.0 Å². The lowest BCUT2D eigenvalue weighted by molar-refractivity contribution is 0.0956. The Hall–Kier alpha value is -1.75. The van der Waals surface area contributed by atoms with Gasteiger partial charge in [-0.2, -0.15) is 0 Å². The molecule has 0 radical (unpaired) electrons. The van der Waals surface area contributed by atoms with Gasteiger partial charge in [-0.3, -0.25) is 4.79 Å². The maximum absolute atomic E-state index is 11.7. The van der Waals surface area contributed by atoms with Crippen molar-refractivity contribution in [3.63, 3.8) is 0 Å². The van der Waals surface area contributed by atoms with E-state index < -0.39 is 0 Å². The topological polar surface area (TPSA) is 70.4 Å². The van der Waals surface area contributed by atoms with Gasteiger partial charge in [0.25, 0.3) is 5.91 Å². The molecule has 0 bridgehead atoms. The Balaban J connectivity index is 2.59. The highest BCUT2D eigenvalue weighted by Crippen LogP contribution is 2.19. The van der Waals surface area contributed by atoms with Gasteiger partial charge in [0, 0.05) is 25.2 Å². The van der Waals surface area contributed by atoms with Crippen molar-refractivity contribution in [2.45, 2.75) is 13.8 Å². The molecule has 0 fully saturated rings. The quantitative estimate of drug-likeness (QED) is 0.651. The number of benzene rings is 1. The predicted molar refractivity (Wildman–Crippen MR) is 80.5 cm³/mol. The van der Waals surface area contributed by atoms with Crippen molar-refractivity contribution < 1.29 is 4.79 Å². The zero-order valence-electron chi connectivity index (χ0n) is 12.0. The molecule has 0 saturated carbocycles. The lowest BCUT2D eigenvalue weighted by Gasteiger charge is -2.16. The minimum atomic E-state index is -0.0912. The summed E-state index contributed by atoms with van der Waals surface area (Å²) in [5.41, 5.74) is 8.01. The first-order valence-corrected chi connectivity index (χ1v) is 6.68. The van der Waals surface area contributed by atoms with E-state index in [0.29, 0.717) is 17.8 Å². The summed E-state index contributed by atoms with van der Waals surface area (Å²) in [7, 11) is 2.07. The van der Waals surface area contributed by atoms with Crippen LogP contribution in [-0.2, 0) is 0 Å². The van der Waals surface area contributed by atoms with Crippen LogP contribution in [0.15, 0.2) is 18.2 Å². The van der Waals surface area contributed by atoms with E-state index >= 15 is 0 Å². The molecule has 0 atom stereocenters. The van der Waals surface area contributed by atoms with E-state index in [9.17, 15) is 4.79 Å². The number of carbonyl (C=O) groups is 1. The van der Waals surface area contributed by atoms with Crippen LogP contribution >= 0.6 is 0 Å². The van der Waals surface area contributed by atoms with Crippen LogP contribution < -0.4 is 16.4 Å². The van der Waals surface area contributed by atoms with E-state index in [1.165, 1.54) is 0 Å². The standard InChI is InChI=1S/C14H24N4O/c1-4-16-14(19)11-6-7-13(12(15)10-11)17-8-9-18(3)5-2/h6-7,10,17H,4-5,8-9,15H2,1-3H3,(H,16,19). The highest BCUT2D eigenvalue weighted by Gasteiger charge is 2.07. The molecule has 5 heteroatoms. The first kappa shape index (κ1) is 15.3. The van der Waals surface area contributed by atoms with Crippen LogP contribution in [0.1, 0.15) is 24.2 Å². The molecular weight excluding hydrogens is 240 g/mol. The molecule has 0 aromatic heterocycles. The second-order valence-corrected chi connectivity index (χ2v) is 4.48. The summed E-state index contributed by atoms with van der Waals surface area (Å²) in [5.74, 6) is -0.0912. The molecule has 0 aliphatic heterocycles. The van der Waals surface area contributed by atoms with Crippen LogP contribution in [0.4, 0.5) is 11.4 Å². The molecule has 0 unspecified atom stereocenters. The molecule has 1 aromatic carbocycles. The van der Waals surface area contributed by atoms with Gasteiger partial charge in [0.05, 0.1) is 11.4 Å². The van der Waals surface area contributed by atoms with Crippen molar-refractivity contribution in [2.75, 3.05) is 44.3 Å². The van der Waals surface area contributed by atoms with Crippen LogP contribution in [0.2, 0.25) is 0 Å². The lowest BCUT2D eigenvalue weighted by Crippen LogP contribution is -2.25. The zero-order chi connectivity index (χ0) is 14.3. The summed E-state index contributed by atoms with van der Waals surface area (Å²) in [6, 6.07) is 5.34. The minimum absolute atomic E-state index is 0.0912. The number of anilines is 2. The monoisotopic (exact) mass is 264 g/mol. The van der Waals surface area contributed by atoms with Crippen molar-refractivity contribution in [2.24, 2.45) is 0 Å². The summed E-state index contributed by atoms with van der Waals surface area (Å²) >= 11 is 0. The number of likely N-dealkylation sites (N-methyl/N-ethyl adjacent to an activating group) is 1. The van der Waals surface area contributed by atoms with Gasteiger partial charge in [-0.1, -0.05) is 6.92 Å². The number of hydrogen-bond donors (Lipinski definition) is 3. The van der Waals surface area contributed by atoms with Crippen LogP contribution in [0.25, 0.3) is 0 Å². The number of nitrogens with two attached hydrogens (primary N) is 1. The molecule has 1 amide bonds. The fraction of sp³-hybridized carbons (Fsp3) is 0.500. The number of nitrogens with one attached hydrogen (secondary N) is 2. The van der Waals surface area contributed by atoms with E-state index in [1.54, 1.807) is 12.1 Å². The second-order valence-electron chi connectivity index (χ2n) is 4.48. The molecule has 0 aliphatic carbocycles. The Labute approximate surface area is 115 Å². The van der Waals surface area contributed by atoms with Gasteiger partial charge in [0.2, 0.25) is 0 Å². The summed E-state index contributed by atoms with van der Waals surface area (Å²) in [4.78, 5) is 13.9. The van der Waals surface area contributed by atoms with Crippen molar-refractivity contribution in [3.8, 4) is 0 Å². The molecule has 0 saturated heterocycles. The number of hydrogen-bond acceptors (Lipinski definition) is 4. The maximum atomic E-state index is 11.7. The highest BCUT2D eigenvalue weighted by molar-refractivity contribution is 5.96. The Bertz CT molecular complexity index is 420. The van der Waals surface area contributed by atoms with Crippen LogP contribution in [0.3, 0.4) is 0 Å². The van der Waals surface area contributed by atoms with Gasteiger partial charge in [-0.05, 0) is 38.7 Å². The Morgan fingerprint density at radius 1 is 1.37 bits per heavy atom. The normalized spacial score (nSPS) is 10.5. The SMILES string of the molecule is CCNC(=O)c1ccc(NCCN(C)CC)c(N)c1. The average molecular weight is 264 g/mol. The zero-order valence-corrected chi connectivity index (χ0v) is 12.0. The molecule has 0 aliphatic rings. The average Bonchev–Trinajstić information content (AvgIpc) is 2.40.